The number of hydrogen-bond donors (Lipinski definition) is 2. The Kier molecular flexibility index (Phi) is 4.33. The maximum Gasteiger partial charge on any atom is 0.262 e. The van der Waals surface area contributed by atoms with Gasteiger partial charge in [0.05, 0.1) is 11.4 Å². The van der Waals surface area contributed by atoms with Crippen molar-refractivity contribution in [2.24, 2.45) is 0 Å². The van der Waals surface area contributed by atoms with Crippen molar-refractivity contribution in [3.63, 3.8) is 0 Å². The van der Waals surface area contributed by atoms with Gasteiger partial charge in [-0.2, -0.15) is 0 Å². The quantitative estimate of drug-likeness (QED) is 0.903. The van der Waals surface area contributed by atoms with Crippen molar-refractivity contribution in [3.05, 3.63) is 47.8 Å². The van der Waals surface area contributed by atoms with E-state index in [-0.39, 0.29) is 36.2 Å². The topological polar surface area (TPSA) is 76.7 Å². The Morgan fingerprint density at radius 1 is 1.33 bits per heavy atom. The minimum absolute atomic E-state index is 0.141. The first-order chi connectivity index (χ1) is 11.5. The monoisotopic (exact) mass is 330 g/mol. The van der Waals surface area contributed by atoms with E-state index in [0.29, 0.717) is 5.75 Å². The molecule has 2 aromatic carbocycles. The van der Waals surface area contributed by atoms with Crippen LogP contribution in [-0.4, -0.2) is 25.0 Å². The summed E-state index contributed by atoms with van der Waals surface area (Å²) in [6, 6.07) is 9.50. The van der Waals surface area contributed by atoms with Gasteiger partial charge in [0.2, 0.25) is 0 Å². The van der Waals surface area contributed by atoms with Crippen LogP contribution in [0.4, 0.5) is 15.8 Å². The SMILES string of the molecule is Cc1ccc(OCC(=O)Nc2cc(F)cc3c2OCC(=O)N3)cc1. The number of halogens is 1. The van der Waals surface area contributed by atoms with E-state index in [1.807, 2.05) is 19.1 Å². The molecule has 0 saturated carbocycles. The van der Waals surface area contributed by atoms with Crippen LogP contribution < -0.4 is 20.1 Å². The number of amides is 2. The smallest absolute Gasteiger partial charge is 0.262 e. The molecule has 0 aliphatic carbocycles. The number of benzene rings is 2. The highest BCUT2D eigenvalue weighted by Crippen LogP contribution is 2.36. The fraction of sp³-hybridized carbons (Fsp3) is 0.176. The lowest BCUT2D eigenvalue weighted by Crippen LogP contribution is -2.27. The maximum absolute atomic E-state index is 13.6. The molecule has 0 atom stereocenters. The molecule has 2 aromatic rings. The molecule has 0 fully saturated rings. The van der Waals surface area contributed by atoms with E-state index in [1.165, 1.54) is 0 Å². The van der Waals surface area contributed by atoms with Crippen LogP contribution in [0.1, 0.15) is 5.56 Å². The Morgan fingerprint density at radius 3 is 2.83 bits per heavy atom. The molecule has 2 N–H and O–H groups in total. The summed E-state index contributed by atoms with van der Waals surface area (Å²) in [7, 11) is 0. The van der Waals surface area contributed by atoms with Gasteiger partial charge in [-0.1, -0.05) is 17.7 Å². The Labute approximate surface area is 137 Å². The summed E-state index contributed by atoms with van der Waals surface area (Å²) in [5, 5.41) is 5.02. The fourth-order valence-electron chi connectivity index (χ4n) is 2.23. The minimum atomic E-state index is -0.602. The highest BCUT2D eigenvalue weighted by Gasteiger charge is 2.21. The minimum Gasteiger partial charge on any atom is -0.484 e. The van der Waals surface area contributed by atoms with Crippen molar-refractivity contribution in [1.82, 2.24) is 0 Å². The Bertz CT molecular complexity index is 790. The molecule has 0 unspecified atom stereocenters. The van der Waals surface area contributed by atoms with Gasteiger partial charge in [0.25, 0.3) is 11.8 Å². The van der Waals surface area contributed by atoms with Crippen LogP contribution in [0.25, 0.3) is 0 Å². The number of nitrogens with one attached hydrogen (secondary N) is 2. The van der Waals surface area contributed by atoms with Crippen molar-refractivity contribution < 1.29 is 23.5 Å². The third-order valence-corrected chi connectivity index (χ3v) is 3.34. The lowest BCUT2D eigenvalue weighted by molar-refractivity contribution is -0.118. The van der Waals surface area contributed by atoms with Crippen molar-refractivity contribution in [2.75, 3.05) is 23.8 Å². The normalized spacial score (nSPS) is 12.7. The van der Waals surface area contributed by atoms with Gasteiger partial charge in [0.15, 0.2) is 19.0 Å². The lowest BCUT2D eigenvalue weighted by atomic mass is 10.2. The summed E-state index contributed by atoms with van der Waals surface area (Å²) in [5.41, 5.74) is 1.40. The standard InChI is InChI=1S/C17H15FN2O4/c1-10-2-4-12(5-3-10)23-8-15(21)19-13-6-11(18)7-14-17(13)24-9-16(22)20-14/h2-7H,8-9H2,1H3,(H,19,21)(H,20,22). The van der Waals surface area contributed by atoms with Crippen molar-refractivity contribution in [2.45, 2.75) is 6.92 Å². The summed E-state index contributed by atoms with van der Waals surface area (Å²) < 4.78 is 24.3. The first-order valence-electron chi connectivity index (χ1n) is 7.27. The van der Waals surface area contributed by atoms with Gasteiger partial charge in [-0.25, -0.2) is 4.39 Å². The number of hydrogen-bond acceptors (Lipinski definition) is 4. The van der Waals surface area contributed by atoms with E-state index >= 15 is 0 Å². The van der Waals surface area contributed by atoms with Crippen LogP contribution in [0.2, 0.25) is 0 Å². The molecule has 124 valence electrons. The van der Waals surface area contributed by atoms with Gasteiger partial charge in [-0.3, -0.25) is 9.59 Å². The largest absolute Gasteiger partial charge is 0.484 e. The summed E-state index contributed by atoms with van der Waals surface area (Å²) in [5.74, 6) is -0.675. The molecule has 7 heteroatoms. The van der Waals surface area contributed by atoms with Gasteiger partial charge in [-0.05, 0) is 19.1 Å². The van der Waals surface area contributed by atoms with Crippen molar-refractivity contribution >= 4 is 23.2 Å². The molecule has 0 radical (unpaired) electrons. The summed E-state index contributed by atoms with van der Waals surface area (Å²) >= 11 is 0. The number of aryl methyl sites for hydroxylation is 1. The van der Waals surface area contributed by atoms with Gasteiger partial charge >= 0.3 is 0 Å². The van der Waals surface area contributed by atoms with E-state index < -0.39 is 11.7 Å². The average molecular weight is 330 g/mol. The van der Waals surface area contributed by atoms with E-state index in [1.54, 1.807) is 12.1 Å². The first-order valence-corrected chi connectivity index (χ1v) is 7.27. The molecule has 1 aliphatic rings. The van der Waals surface area contributed by atoms with Crippen LogP contribution >= 0.6 is 0 Å². The molecule has 2 amide bonds. The van der Waals surface area contributed by atoms with Crippen molar-refractivity contribution in [1.29, 1.82) is 0 Å². The molecule has 1 heterocycles. The molecule has 3 rings (SSSR count). The zero-order valence-electron chi connectivity index (χ0n) is 12.9. The molecule has 6 nitrogen and oxygen atoms in total. The van der Waals surface area contributed by atoms with E-state index in [2.05, 4.69) is 10.6 Å². The number of rotatable bonds is 4. The molecule has 0 saturated heterocycles. The molecular weight excluding hydrogens is 315 g/mol. The number of carbonyl (C=O) groups excluding carboxylic acids is 2. The predicted molar refractivity (Wildman–Crippen MR) is 85.8 cm³/mol. The Hall–Kier alpha value is -3.09. The van der Waals surface area contributed by atoms with Crippen LogP contribution in [0.15, 0.2) is 36.4 Å². The fourth-order valence-corrected chi connectivity index (χ4v) is 2.23. The van der Waals surface area contributed by atoms with Crippen LogP contribution in [0.5, 0.6) is 11.5 Å². The van der Waals surface area contributed by atoms with Crippen LogP contribution in [0, 0.1) is 12.7 Å². The first kappa shape index (κ1) is 15.8. The van der Waals surface area contributed by atoms with Gasteiger partial charge in [-0.15, -0.1) is 0 Å². The second kappa shape index (κ2) is 6.57. The summed E-state index contributed by atoms with van der Waals surface area (Å²) in [6.07, 6.45) is 0. The van der Waals surface area contributed by atoms with Crippen LogP contribution in [-0.2, 0) is 9.59 Å². The van der Waals surface area contributed by atoms with E-state index in [9.17, 15) is 14.0 Å². The Morgan fingerprint density at radius 2 is 2.08 bits per heavy atom. The third kappa shape index (κ3) is 3.62. The number of ether oxygens (including phenoxy) is 2. The third-order valence-electron chi connectivity index (χ3n) is 3.34. The van der Waals surface area contributed by atoms with Crippen LogP contribution in [0.3, 0.4) is 0 Å². The van der Waals surface area contributed by atoms with E-state index in [4.69, 9.17) is 9.47 Å². The lowest BCUT2D eigenvalue weighted by Gasteiger charge is -2.21. The molecule has 0 bridgehead atoms. The maximum atomic E-state index is 13.6. The highest BCUT2D eigenvalue weighted by atomic mass is 19.1. The van der Waals surface area contributed by atoms with Gasteiger partial charge < -0.3 is 20.1 Å². The molecule has 24 heavy (non-hydrogen) atoms. The second-order valence-corrected chi connectivity index (χ2v) is 5.32. The van der Waals surface area contributed by atoms with Gasteiger partial charge in [0, 0.05) is 12.1 Å². The predicted octanol–water partition coefficient (Wildman–Crippen LogP) is 2.48. The molecule has 0 spiro atoms. The highest BCUT2D eigenvalue weighted by molar-refractivity contribution is 6.00. The zero-order valence-corrected chi connectivity index (χ0v) is 12.9. The number of carbonyl (C=O) groups is 2. The zero-order chi connectivity index (χ0) is 17.1. The number of fused-ring (bicyclic) bond motifs is 1. The molecule has 1 aliphatic heterocycles. The summed E-state index contributed by atoms with van der Waals surface area (Å²) in [4.78, 5) is 23.3. The average Bonchev–Trinajstić information content (AvgIpc) is 2.53. The van der Waals surface area contributed by atoms with E-state index in [0.717, 1.165) is 17.7 Å². The molecule has 0 aromatic heterocycles. The van der Waals surface area contributed by atoms with Crippen molar-refractivity contribution in [3.8, 4) is 11.5 Å². The molecular formula is C17H15FN2O4. The Balaban J connectivity index is 1.68. The van der Waals surface area contributed by atoms with Gasteiger partial charge in [0.1, 0.15) is 11.6 Å². The summed E-state index contributed by atoms with van der Waals surface area (Å²) in [6.45, 7) is 1.52. The second-order valence-electron chi connectivity index (χ2n) is 5.32. The number of anilines is 2.